The number of carbonyl (C=O) groups is 1. The molecule has 1 unspecified atom stereocenters. The Morgan fingerprint density at radius 3 is 1.95 bits per heavy atom. The van der Waals surface area contributed by atoms with Crippen LogP contribution in [-0.2, 0) is 9.22 Å². The molecule has 0 aromatic heterocycles. The van der Waals surface area contributed by atoms with Gasteiger partial charge in [0.1, 0.15) is 5.78 Å². The minimum absolute atomic E-state index is 0.188. The highest BCUT2D eigenvalue weighted by Gasteiger charge is 2.38. The molecule has 3 heteroatoms. The fourth-order valence-corrected chi connectivity index (χ4v) is 6.46. The van der Waals surface area contributed by atoms with Gasteiger partial charge < -0.3 is 4.43 Å². The van der Waals surface area contributed by atoms with E-state index in [-0.39, 0.29) is 11.6 Å². The fraction of sp³-hybridized carbons (Fsp3) is 0.947. The van der Waals surface area contributed by atoms with Gasteiger partial charge >= 0.3 is 0 Å². The number of ketones is 1. The SMILES string of the molecule is CCCCCCC(=O)C(CCCCCC)[Si](C)(C)OC(C)C. The Hall–Kier alpha value is -0.153. The highest BCUT2D eigenvalue weighted by atomic mass is 28.4. The molecule has 0 spiro atoms. The second kappa shape index (κ2) is 12.3. The number of hydrogen-bond donors (Lipinski definition) is 0. The van der Waals surface area contributed by atoms with Crippen molar-refractivity contribution in [2.24, 2.45) is 0 Å². The maximum Gasteiger partial charge on any atom is 0.197 e. The van der Waals surface area contributed by atoms with Crippen molar-refractivity contribution in [3.8, 4) is 0 Å². The maximum atomic E-state index is 12.8. The Bertz CT molecular complexity index is 287. The lowest BCUT2D eigenvalue weighted by molar-refractivity contribution is -0.119. The quantitative estimate of drug-likeness (QED) is 0.269. The summed E-state index contributed by atoms with van der Waals surface area (Å²) in [6.07, 6.45) is 11.7. The molecule has 0 aliphatic heterocycles. The highest BCUT2D eigenvalue weighted by Crippen LogP contribution is 2.32. The summed E-state index contributed by atoms with van der Waals surface area (Å²) < 4.78 is 6.22. The zero-order valence-electron chi connectivity index (χ0n) is 16.0. The van der Waals surface area contributed by atoms with Crippen LogP contribution in [0.15, 0.2) is 0 Å². The predicted octanol–water partition coefficient (Wildman–Crippen LogP) is 6.50. The Morgan fingerprint density at radius 2 is 1.45 bits per heavy atom. The minimum Gasteiger partial charge on any atom is -0.414 e. The highest BCUT2D eigenvalue weighted by molar-refractivity contribution is 6.76. The summed E-state index contributed by atoms with van der Waals surface area (Å²) in [5.41, 5.74) is 0.188. The van der Waals surface area contributed by atoms with Crippen molar-refractivity contribution in [1.29, 1.82) is 0 Å². The largest absolute Gasteiger partial charge is 0.414 e. The summed E-state index contributed by atoms with van der Waals surface area (Å²) in [5.74, 6) is 0.477. The van der Waals surface area contributed by atoms with E-state index in [1.54, 1.807) is 0 Å². The van der Waals surface area contributed by atoms with Crippen molar-refractivity contribution in [1.82, 2.24) is 0 Å². The molecule has 1 atom stereocenters. The molecule has 22 heavy (non-hydrogen) atoms. The van der Waals surface area contributed by atoms with Crippen LogP contribution in [0.1, 0.15) is 91.9 Å². The summed E-state index contributed by atoms with van der Waals surface area (Å²) in [5, 5.41) is 0. The molecule has 0 radical (unpaired) electrons. The van der Waals surface area contributed by atoms with Gasteiger partial charge in [-0.15, -0.1) is 0 Å². The minimum atomic E-state index is -1.94. The molecule has 0 aromatic carbocycles. The van der Waals surface area contributed by atoms with E-state index in [2.05, 4.69) is 40.8 Å². The van der Waals surface area contributed by atoms with Crippen molar-refractivity contribution >= 4 is 14.1 Å². The molecule has 0 fully saturated rings. The van der Waals surface area contributed by atoms with Gasteiger partial charge in [0.15, 0.2) is 8.32 Å². The van der Waals surface area contributed by atoms with Crippen LogP contribution in [0.25, 0.3) is 0 Å². The molecule has 0 rings (SSSR count). The van der Waals surface area contributed by atoms with E-state index >= 15 is 0 Å². The first-order chi connectivity index (χ1) is 10.3. The topological polar surface area (TPSA) is 26.3 Å². The number of Topliss-reactive ketones (excluding diaryl/α,β-unsaturated/α-hetero) is 1. The van der Waals surface area contributed by atoms with Crippen molar-refractivity contribution in [2.75, 3.05) is 0 Å². The molecule has 0 aromatic rings. The maximum absolute atomic E-state index is 12.8. The van der Waals surface area contributed by atoms with Gasteiger partial charge in [0, 0.05) is 18.1 Å². The zero-order chi connectivity index (χ0) is 17.0. The standard InChI is InChI=1S/C19H40O2Si/c1-7-9-11-13-15-18(20)19(16-14-12-10-8-2)22(5,6)21-17(3)4/h17,19H,7-16H2,1-6H3. The second-order valence-electron chi connectivity index (χ2n) is 7.45. The Balaban J connectivity index is 4.58. The smallest absolute Gasteiger partial charge is 0.197 e. The summed E-state index contributed by atoms with van der Waals surface area (Å²) in [6.45, 7) is 13.1. The van der Waals surface area contributed by atoms with E-state index in [1.807, 2.05) is 0 Å². The third-order valence-corrected chi connectivity index (χ3v) is 7.76. The molecular formula is C19H40O2Si. The van der Waals surface area contributed by atoms with E-state index < -0.39 is 8.32 Å². The zero-order valence-corrected chi connectivity index (χ0v) is 17.0. The normalized spacial score (nSPS) is 13.6. The predicted molar refractivity (Wildman–Crippen MR) is 100.0 cm³/mol. The molecule has 0 saturated carbocycles. The van der Waals surface area contributed by atoms with Gasteiger partial charge in [0.25, 0.3) is 0 Å². The second-order valence-corrected chi connectivity index (χ2v) is 11.6. The third kappa shape index (κ3) is 9.78. The summed E-state index contributed by atoms with van der Waals surface area (Å²) in [4.78, 5) is 12.8. The summed E-state index contributed by atoms with van der Waals surface area (Å²) in [7, 11) is -1.94. The molecule has 0 amide bonds. The van der Waals surface area contributed by atoms with Crippen LogP contribution >= 0.6 is 0 Å². The Kier molecular flexibility index (Phi) is 12.2. The number of carbonyl (C=O) groups excluding carboxylic acids is 1. The number of unbranched alkanes of at least 4 members (excludes halogenated alkanes) is 6. The van der Waals surface area contributed by atoms with Crippen LogP contribution in [-0.4, -0.2) is 20.2 Å². The van der Waals surface area contributed by atoms with Crippen LogP contribution in [0.4, 0.5) is 0 Å². The van der Waals surface area contributed by atoms with E-state index in [9.17, 15) is 4.79 Å². The molecule has 0 bridgehead atoms. The summed E-state index contributed by atoms with van der Waals surface area (Å²) in [6, 6.07) is 0. The van der Waals surface area contributed by atoms with E-state index in [1.165, 1.54) is 44.9 Å². The van der Waals surface area contributed by atoms with Gasteiger partial charge in [-0.2, -0.15) is 0 Å². The van der Waals surface area contributed by atoms with Crippen LogP contribution in [0.3, 0.4) is 0 Å². The number of hydrogen-bond acceptors (Lipinski definition) is 2. The van der Waals surface area contributed by atoms with Gasteiger partial charge in [-0.25, -0.2) is 0 Å². The lowest BCUT2D eigenvalue weighted by Gasteiger charge is -2.33. The van der Waals surface area contributed by atoms with Crippen LogP contribution in [0.5, 0.6) is 0 Å². The molecule has 132 valence electrons. The average Bonchev–Trinajstić information content (AvgIpc) is 2.41. The first-order valence-corrected chi connectivity index (χ1v) is 12.5. The fourth-order valence-electron chi connectivity index (χ4n) is 3.26. The van der Waals surface area contributed by atoms with Gasteiger partial charge in [-0.1, -0.05) is 58.8 Å². The lowest BCUT2D eigenvalue weighted by Crippen LogP contribution is -2.42. The van der Waals surface area contributed by atoms with Crippen molar-refractivity contribution in [2.45, 2.75) is 117 Å². The first kappa shape index (κ1) is 21.8. The first-order valence-electron chi connectivity index (χ1n) is 9.55. The van der Waals surface area contributed by atoms with E-state index in [0.717, 1.165) is 19.3 Å². The Morgan fingerprint density at radius 1 is 0.909 bits per heavy atom. The van der Waals surface area contributed by atoms with Gasteiger partial charge in [-0.3, -0.25) is 4.79 Å². The summed E-state index contributed by atoms with van der Waals surface area (Å²) >= 11 is 0. The van der Waals surface area contributed by atoms with Crippen molar-refractivity contribution in [3.63, 3.8) is 0 Å². The molecule has 2 nitrogen and oxygen atoms in total. The van der Waals surface area contributed by atoms with Gasteiger partial charge in [0.05, 0.1) is 0 Å². The molecule has 0 aliphatic rings. The van der Waals surface area contributed by atoms with E-state index in [4.69, 9.17) is 4.43 Å². The average molecular weight is 329 g/mol. The number of rotatable bonds is 14. The molecule has 0 saturated heterocycles. The van der Waals surface area contributed by atoms with Crippen LogP contribution < -0.4 is 0 Å². The van der Waals surface area contributed by atoms with Crippen molar-refractivity contribution < 1.29 is 9.22 Å². The van der Waals surface area contributed by atoms with E-state index in [0.29, 0.717) is 5.78 Å². The molecule has 0 aliphatic carbocycles. The van der Waals surface area contributed by atoms with Crippen LogP contribution in [0.2, 0.25) is 18.6 Å². The monoisotopic (exact) mass is 328 g/mol. The van der Waals surface area contributed by atoms with Gasteiger partial charge in [0.2, 0.25) is 0 Å². The molecular weight excluding hydrogens is 288 g/mol. The third-order valence-electron chi connectivity index (χ3n) is 4.39. The molecule has 0 heterocycles. The van der Waals surface area contributed by atoms with Gasteiger partial charge in [-0.05, 0) is 39.8 Å². The lowest BCUT2D eigenvalue weighted by atomic mass is 10.0. The van der Waals surface area contributed by atoms with Crippen LogP contribution in [0, 0.1) is 0 Å². The van der Waals surface area contributed by atoms with Crippen molar-refractivity contribution in [3.05, 3.63) is 0 Å². The Labute approximate surface area is 140 Å². The molecule has 0 N–H and O–H groups in total.